The fourth-order valence-corrected chi connectivity index (χ4v) is 3.71. The first-order chi connectivity index (χ1) is 10.0. The number of carbonyl (C=O) groups excluding carboxylic acids is 1. The van der Waals surface area contributed by atoms with Crippen LogP contribution in [0.25, 0.3) is 0 Å². The van der Waals surface area contributed by atoms with Crippen LogP contribution in [0.3, 0.4) is 0 Å². The quantitative estimate of drug-likeness (QED) is 0.912. The Morgan fingerprint density at radius 3 is 2.90 bits per heavy atom. The highest BCUT2D eigenvalue weighted by molar-refractivity contribution is 7.99. The van der Waals surface area contributed by atoms with Crippen molar-refractivity contribution >= 4 is 17.7 Å². The van der Waals surface area contributed by atoms with Crippen LogP contribution in [-0.4, -0.2) is 11.7 Å². The van der Waals surface area contributed by atoms with E-state index >= 15 is 0 Å². The van der Waals surface area contributed by atoms with Crippen molar-refractivity contribution in [1.29, 1.82) is 0 Å². The van der Waals surface area contributed by atoms with E-state index in [4.69, 9.17) is 4.42 Å². The number of carbonyl (C=O) groups is 1. The van der Waals surface area contributed by atoms with Crippen molar-refractivity contribution in [1.82, 2.24) is 5.32 Å². The fourth-order valence-electron chi connectivity index (χ4n) is 2.61. The van der Waals surface area contributed by atoms with Gasteiger partial charge in [-0.2, -0.15) is 0 Å². The lowest BCUT2D eigenvalue weighted by Crippen LogP contribution is -2.30. The molecule has 1 unspecified atom stereocenters. The Kier molecular flexibility index (Phi) is 3.76. The van der Waals surface area contributed by atoms with Crippen LogP contribution in [0.4, 0.5) is 4.39 Å². The summed E-state index contributed by atoms with van der Waals surface area (Å²) < 4.78 is 18.8. The summed E-state index contributed by atoms with van der Waals surface area (Å²) in [6.07, 6.45) is 0.794. The number of thioether (sulfide) groups is 1. The number of hydrogen-bond donors (Lipinski definition) is 1. The number of nitrogens with one attached hydrogen (secondary N) is 1. The number of amides is 1. The molecule has 3 nitrogen and oxygen atoms in total. The molecule has 1 N–H and O–H groups in total. The zero-order chi connectivity index (χ0) is 15.0. The molecular formula is C16H16FNO2S. The van der Waals surface area contributed by atoms with Crippen LogP contribution in [0, 0.1) is 19.7 Å². The molecule has 1 atom stereocenters. The monoisotopic (exact) mass is 305 g/mol. The Labute approximate surface area is 126 Å². The molecule has 5 heteroatoms. The van der Waals surface area contributed by atoms with Gasteiger partial charge in [-0.05, 0) is 50.1 Å². The van der Waals surface area contributed by atoms with Crippen LogP contribution < -0.4 is 5.32 Å². The molecule has 0 bridgehead atoms. The largest absolute Gasteiger partial charge is 0.466 e. The van der Waals surface area contributed by atoms with Gasteiger partial charge in [0.2, 0.25) is 0 Å². The van der Waals surface area contributed by atoms with Gasteiger partial charge in [0, 0.05) is 10.6 Å². The van der Waals surface area contributed by atoms with Gasteiger partial charge in [-0.15, -0.1) is 11.8 Å². The van der Waals surface area contributed by atoms with Crippen molar-refractivity contribution in [3.05, 3.63) is 52.7 Å². The molecule has 0 spiro atoms. The van der Waals surface area contributed by atoms with Gasteiger partial charge < -0.3 is 9.73 Å². The summed E-state index contributed by atoms with van der Waals surface area (Å²) in [7, 11) is 0. The number of fused-ring (bicyclic) bond motifs is 1. The Morgan fingerprint density at radius 1 is 1.38 bits per heavy atom. The van der Waals surface area contributed by atoms with E-state index in [2.05, 4.69) is 5.32 Å². The van der Waals surface area contributed by atoms with E-state index in [-0.39, 0.29) is 17.8 Å². The van der Waals surface area contributed by atoms with Crippen LogP contribution in [-0.2, 0) is 0 Å². The van der Waals surface area contributed by atoms with Gasteiger partial charge in [0.25, 0.3) is 5.91 Å². The second-order valence-electron chi connectivity index (χ2n) is 5.17. The highest BCUT2D eigenvalue weighted by Gasteiger charge is 2.24. The third-order valence-electron chi connectivity index (χ3n) is 3.60. The van der Waals surface area contributed by atoms with E-state index in [9.17, 15) is 9.18 Å². The Bertz CT molecular complexity index is 696. The smallest absolute Gasteiger partial charge is 0.255 e. The maximum Gasteiger partial charge on any atom is 0.255 e. The number of furan rings is 1. The molecule has 3 rings (SSSR count). The highest BCUT2D eigenvalue weighted by Crippen LogP contribution is 2.36. The van der Waals surface area contributed by atoms with Gasteiger partial charge >= 0.3 is 0 Å². The highest BCUT2D eigenvalue weighted by atomic mass is 32.2. The van der Waals surface area contributed by atoms with Gasteiger partial charge in [-0.3, -0.25) is 4.79 Å². The molecule has 0 saturated heterocycles. The first-order valence-electron chi connectivity index (χ1n) is 6.85. The zero-order valence-electron chi connectivity index (χ0n) is 11.9. The molecule has 1 aliphatic heterocycles. The summed E-state index contributed by atoms with van der Waals surface area (Å²) >= 11 is 1.69. The van der Waals surface area contributed by atoms with E-state index in [1.807, 2.05) is 6.92 Å². The first kappa shape index (κ1) is 14.2. The van der Waals surface area contributed by atoms with Crippen molar-refractivity contribution in [3.63, 3.8) is 0 Å². The Balaban J connectivity index is 1.85. The Morgan fingerprint density at radius 2 is 2.19 bits per heavy atom. The lowest BCUT2D eigenvalue weighted by atomic mass is 10.0. The Hall–Kier alpha value is -1.75. The average Bonchev–Trinajstić information content (AvgIpc) is 2.78. The standard InChI is InChI=1S/C16H16FNO2S/c1-9-7-12(10(2)20-9)16(19)18-14-5-6-21-15-4-3-11(17)8-13(14)15/h3-4,7-8,14H,5-6H2,1-2H3,(H,18,19). The molecule has 1 aromatic heterocycles. The molecule has 0 saturated carbocycles. The maximum atomic E-state index is 13.5. The minimum atomic E-state index is -0.272. The van der Waals surface area contributed by atoms with Crippen LogP contribution in [0.1, 0.15) is 39.9 Å². The number of aryl methyl sites for hydroxylation is 2. The third-order valence-corrected chi connectivity index (χ3v) is 4.72. The maximum absolute atomic E-state index is 13.5. The van der Waals surface area contributed by atoms with Crippen molar-refractivity contribution in [3.8, 4) is 0 Å². The third kappa shape index (κ3) is 2.83. The van der Waals surface area contributed by atoms with Gasteiger partial charge in [-0.25, -0.2) is 4.39 Å². The van der Waals surface area contributed by atoms with E-state index < -0.39 is 0 Å². The minimum Gasteiger partial charge on any atom is -0.466 e. The molecular weight excluding hydrogens is 289 g/mol. The molecule has 0 aliphatic carbocycles. The average molecular weight is 305 g/mol. The lowest BCUT2D eigenvalue weighted by molar-refractivity contribution is 0.0933. The molecule has 0 radical (unpaired) electrons. The van der Waals surface area contributed by atoms with Crippen molar-refractivity contribution < 1.29 is 13.6 Å². The van der Waals surface area contributed by atoms with E-state index in [0.29, 0.717) is 17.1 Å². The summed E-state index contributed by atoms with van der Waals surface area (Å²) in [6.45, 7) is 3.58. The van der Waals surface area contributed by atoms with E-state index in [0.717, 1.165) is 22.6 Å². The van der Waals surface area contributed by atoms with Crippen molar-refractivity contribution in [2.45, 2.75) is 31.2 Å². The number of hydrogen-bond acceptors (Lipinski definition) is 3. The summed E-state index contributed by atoms with van der Waals surface area (Å²) in [5.74, 6) is 1.78. The minimum absolute atomic E-state index is 0.154. The van der Waals surface area contributed by atoms with Gasteiger partial charge in [0.15, 0.2) is 0 Å². The molecule has 1 aliphatic rings. The van der Waals surface area contributed by atoms with E-state index in [1.165, 1.54) is 12.1 Å². The number of halogens is 1. The fraction of sp³-hybridized carbons (Fsp3) is 0.312. The molecule has 110 valence electrons. The second-order valence-corrected chi connectivity index (χ2v) is 6.31. The van der Waals surface area contributed by atoms with Crippen molar-refractivity contribution in [2.75, 3.05) is 5.75 Å². The summed E-state index contributed by atoms with van der Waals surface area (Å²) in [6, 6.07) is 6.33. The van der Waals surface area contributed by atoms with Gasteiger partial charge in [0.05, 0.1) is 11.6 Å². The van der Waals surface area contributed by atoms with Crippen molar-refractivity contribution in [2.24, 2.45) is 0 Å². The number of rotatable bonds is 2. The summed E-state index contributed by atoms with van der Waals surface area (Å²) in [4.78, 5) is 13.4. The molecule has 1 aromatic carbocycles. The van der Waals surface area contributed by atoms with Crippen LogP contribution >= 0.6 is 11.8 Å². The topological polar surface area (TPSA) is 42.2 Å². The molecule has 0 fully saturated rings. The summed E-state index contributed by atoms with van der Waals surface area (Å²) in [5, 5.41) is 2.99. The normalized spacial score (nSPS) is 17.4. The lowest BCUT2D eigenvalue weighted by Gasteiger charge is -2.25. The SMILES string of the molecule is Cc1cc(C(=O)NC2CCSc3ccc(F)cc32)c(C)o1. The molecule has 1 amide bonds. The predicted octanol–water partition coefficient (Wildman–Crippen LogP) is 4.00. The van der Waals surface area contributed by atoms with Gasteiger partial charge in [-0.1, -0.05) is 0 Å². The van der Waals surface area contributed by atoms with Crippen LogP contribution in [0.15, 0.2) is 33.6 Å². The first-order valence-corrected chi connectivity index (χ1v) is 7.83. The summed E-state index contributed by atoms with van der Waals surface area (Å²) in [5.41, 5.74) is 1.40. The number of benzene rings is 1. The molecule has 2 aromatic rings. The molecule has 2 heterocycles. The predicted molar refractivity (Wildman–Crippen MR) is 80.1 cm³/mol. The van der Waals surface area contributed by atoms with Gasteiger partial charge in [0.1, 0.15) is 17.3 Å². The van der Waals surface area contributed by atoms with E-state index in [1.54, 1.807) is 30.8 Å². The molecule has 21 heavy (non-hydrogen) atoms. The van der Waals surface area contributed by atoms with Crippen LogP contribution in [0.5, 0.6) is 0 Å². The zero-order valence-corrected chi connectivity index (χ0v) is 12.7. The second kappa shape index (κ2) is 5.56. The van der Waals surface area contributed by atoms with Crippen LogP contribution in [0.2, 0.25) is 0 Å².